The van der Waals surface area contributed by atoms with Gasteiger partial charge in [-0.05, 0) is 43.9 Å². The molecule has 0 aliphatic heterocycles. The standard InChI is InChI=1S/C12H20O2/c1-8-4-5-11(6-9(8)2)7-10(3)12(13)14/h7-9,11H,4-6H2,1-3H3,(H,13,14). The summed E-state index contributed by atoms with van der Waals surface area (Å²) in [4.78, 5) is 10.7. The second-order valence-electron chi connectivity index (χ2n) is 4.68. The number of aliphatic carboxylic acids is 1. The Balaban J connectivity index is 2.55. The number of carboxylic acid groups (broad SMARTS) is 1. The van der Waals surface area contributed by atoms with E-state index in [1.807, 2.05) is 6.08 Å². The molecule has 1 N–H and O–H groups in total. The van der Waals surface area contributed by atoms with Gasteiger partial charge in [0, 0.05) is 5.57 Å². The summed E-state index contributed by atoms with van der Waals surface area (Å²) in [5.74, 6) is 1.23. The van der Waals surface area contributed by atoms with E-state index in [4.69, 9.17) is 5.11 Å². The van der Waals surface area contributed by atoms with Crippen LogP contribution in [-0.2, 0) is 4.79 Å². The van der Waals surface area contributed by atoms with Gasteiger partial charge in [0.1, 0.15) is 0 Å². The summed E-state index contributed by atoms with van der Waals surface area (Å²) in [5.41, 5.74) is 0.497. The Morgan fingerprint density at radius 1 is 1.29 bits per heavy atom. The fourth-order valence-corrected chi connectivity index (χ4v) is 2.17. The molecule has 0 heterocycles. The van der Waals surface area contributed by atoms with Crippen LogP contribution in [0.15, 0.2) is 11.6 Å². The second-order valence-corrected chi connectivity index (χ2v) is 4.68. The van der Waals surface area contributed by atoms with E-state index in [1.165, 1.54) is 6.42 Å². The van der Waals surface area contributed by atoms with E-state index < -0.39 is 5.97 Å². The first-order valence-electron chi connectivity index (χ1n) is 5.42. The summed E-state index contributed by atoms with van der Waals surface area (Å²) in [7, 11) is 0. The molecule has 1 aliphatic carbocycles. The molecule has 0 aromatic carbocycles. The molecule has 0 radical (unpaired) electrons. The molecule has 2 heteroatoms. The average Bonchev–Trinajstić information content (AvgIpc) is 2.11. The Morgan fingerprint density at radius 3 is 2.43 bits per heavy atom. The number of carbonyl (C=O) groups is 1. The minimum Gasteiger partial charge on any atom is -0.478 e. The molecule has 3 atom stereocenters. The lowest BCUT2D eigenvalue weighted by atomic mass is 9.75. The van der Waals surface area contributed by atoms with Crippen LogP contribution >= 0.6 is 0 Å². The lowest BCUT2D eigenvalue weighted by Crippen LogP contribution is -2.20. The summed E-state index contributed by atoms with van der Waals surface area (Å²) in [6, 6.07) is 0. The third-order valence-electron chi connectivity index (χ3n) is 3.46. The van der Waals surface area contributed by atoms with Crippen LogP contribution in [0.5, 0.6) is 0 Å². The normalized spacial score (nSPS) is 34.2. The van der Waals surface area contributed by atoms with Crippen molar-refractivity contribution in [2.75, 3.05) is 0 Å². The lowest BCUT2D eigenvalue weighted by Gasteiger charge is -2.30. The first-order chi connectivity index (χ1) is 6.50. The monoisotopic (exact) mass is 196 g/mol. The molecule has 14 heavy (non-hydrogen) atoms. The SMILES string of the molecule is CC(=CC1CCC(C)C(C)C1)C(=O)O. The zero-order valence-electron chi connectivity index (χ0n) is 9.29. The molecule has 0 saturated heterocycles. The fourth-order valence-electron chi connectivity index (χ4n) is 2.17. The summed E-state index contributed by atoms with van der Waals surface area (Å²) >= 11 is 0. The van der Waals surface area contributed by atoms with E-state index in [9.17, 15) is 4.79 Å². The van der Waals surface area contributed by atoms with Gasteiger partial charge >= 0.3 is 5.97 Å². The van der Waals surface area contributed by atoms with Crippen LogP contribution in [0.25, 0.3) is 0 Å². The molecule has 0 bridgehead atoms. The van der Waals surface area contributed by atoms with Crippen LogP contribution in [0.4, 0.5) is 0 Å². The maximum atomic E-state index is 10.7. The van der Waals surface area contributed by atoms with E-state index in [1.54, 1.807) is 6.92 Å². The average molecular weight is 196 g/mol. The highest BCUT2D eigenvalue weighted by Crippen LogP contribution is 2.34. The lowest BCUT2D eigenvalue weighted by molar-refractivity contribution is -0.132. The van der Waals surface area contributed by atoms with Crippen LogP contribution in [-0.4, -0.2) is 11.1 Å². The maximum Gasteiger partial charge on any atom is 0.330 e. The first kappa shape index (κ1) is 11.3. The third-order valence-corrected chi connectivity index (χ3v) is 3.46. The van der Waals surface area contributed by atoms with Crippen LogP contribution in [0.3, 0.4) is 0 Å². The zero-order chi connectivity index (χ0) is 10.7. The molecular formula is C12H20O2. The van der Waals surface area contributed by atoms with Gasteiger partial charge in [-0.1, -0.05) is 19.9 Å². The largest absolute Gasteiger partial charge is 0.478 e. The van der Waals surface area contributed by atoms with Crippen LogP contribution in [0, 0.1) is 17.8 Å². The number of hydrogen-bond donors (Lipinski definition) is 1. The Morgan fingerprint density at radius 2 is 1.93 bits per heavy atom. The summed E-state index contributed by atoms with van der Waals surface area (Å²) in [5, 5.41) is 8.76. The van der Waals surface area contributed by atoms with Gasteiger partial charge in [-0.2, -0.15) is 0 Å². The topological polar surface area (TPSA) is 37.3 Å². The van der Waals surface area contributed by atoms with Crippen molar-refractivity contribution in [1.82, 2.24) is 0 Å². The van der Waals surface area contributed by atoms with Gasteiger partial charge in [0.25, 0.3) is 0 Å². The zero-order valence-corrected chi connectivity index (χ0v) is 9.29. The van der Waals surface area contributed by atoms with Gasteiger partial charge in [0.05, 0.1) is 0 Å². The third kappa shape index (κ3) is 2.86. The summed E-state index contributed by atoms with van der Waals surface area (Å²) < 4.78 is 0. The van der Waals surface area contributed by atoms with Gasteiger partial charge in [0.15, 0.2) is 0 Å². The minimum absolute atomic E-state index is 0.484. The quantitative estimate of drug-likeness (QED) is 0.689. The van der Waals surface area contributed by atoms with E-state index in [2.05, 4.69) is 13.8 Å². The molecule has 3 unspecified atom stereocenters. The molecular weight excluding hydrogens is 176 g/mol. The number of allylic oxidation sites excluding steroid dienone is 1. The molecule has 0 spiro atoms. The predicted molar refractivity (Wildman–Crippen MR) is 57.1 cm³/mol. The Hall–Kier alpha value is -0.790. The molecule has 0 amide bonds. The molecule has 0 aromatic heterocycles. The predicted octanol–water partition coefficient (Wildman–Crippen LogP) is 3.09. The first-order valence-corrected chi connectivity index (χ1v) is 5.42. The van der Waals surface area contributed by atoms with Crippen LogP contribution < -0.4 is 0 Å². The van der Waals surface area contributed by atoms with Crippen molar-refractivity contribution in [2.45, 2.75) is 40.0 Å². The van der Waals surface area contributed by atoms with Gasteiger partial charge in [-0.3, -0.25) is 0 Å². The summed E-state index contributed by atoms with van der Waals surface area (Å²) in [6.45, 7) is 6.24. The molecule has 1 aliphatic rings. The molecule has 1 saturated carbocycles. The Bertz CT molecular complexity index is 243. The van der Waals surface area contributed by atoms with E-state index in [0.29, 0.717) is 11.5 Å². The van der Waals surface area contributed by atoms with Gasteiger partial charge in [-0.15, -0.1) is 0 Å². The second kappa shape index (κ2) is 4.63. The highest BCUT2D eigenvalue weighted by Gasteiger charge is 2.23. The number of hydrogen-bond acceptors (Lipinski definition) is 1. The van der Waals surface area contributed by atoms with Crippen molar-refractivity contribution < 1.29 is 9.90 Å². The van der Waals surface area contributed by atoms with E-state index in [0.717, 1.165) is 24.7 Å². The Kier molecular flexibility index (Phi) is 3.73. The molecule has 0 aromatic rings. The highest BCUT2D eigenvalue weighted by atomic mass is 16.4. The van der Waals surface area contributed by atoms with Crippen LogP contribution in [0.2, 0.25) is 0 Å². The smallest absolute Gasteiger partial charge is 0.330 e. The minimum atomic E-state index is -0.781. The molecule has 2 nitrogen and oxygen atoms in total. The number of rotatable bonds is 2. The fraction of sp³-hybridized carbons (Fsp3) is 0.750. The molecule has 1 rings (SSSR count). The van der Waals surface area contributed by atoms with Crippen molar-refractivity contribution >= 4 is 5.97 Å². The van der Waals surface area contributed by atoms with Crippen molar-refractivity contribution in [1.29, 1.82) is 0 Å². The van der Waals surface area contributed by atoms with Crippen molar-refractivity contribution in [2.24, 2.45) is 17.8 Å². The van der Waals surface area contributed by atoms with Crippen LogP contribution in [0.1, 0.15) is 40.0 Å². The maximum absolute atomic E-state index is 10.7. The van der Waals surface area contributed by atoms with Gasteiger partial charge in [-0.25, -0.2) is 4.79 Å². The molecule has 80 valence electrons. The van der Waals surface area contributed by atoms with Crippen molar-refractivity contribution in [3.8, 4) is 0 Å². The van der Waals surface area contributed by atoms with Crippen molar-refractivity contribution in [3.63, 3.8) is 0 Å². The Labute approximate surface area is 86.0 Å². The summed E-state index contributed by atoms with van der Waals surface area (Å²) in [6.07, 6.45) is 5.46. The number of carboxylic acids is 1. The van der Waals surface area contributed by atoms with Gasteiger partial charge in [0.2, 0.25) is 0 Å². The van der Waals surface area contributed by atoms with E-state index in [-0.39, 0.29) is 0 Å². The highest BCUT2D eigenvalue weighted by molar-refractivity contribution is 5.85. The van der Waals surface area contributed by atoms with E-state index >= 15 is 0 Å². The molecule has 1 fully saturated rings. The van der Waals surface area contributed by atoms with Gasteiger partial charge < -0.3 is 5.11 Å². The van der Waals surface area contributed by atoms with Crippen molar-refractivity contribution in [3.05, 3.63) is 11.6 Å².